The number of rotatable bonds is 5. The van der Waals surface area contributed by atoms with Crippen molar-refractivity contribution in [1.29, 1.82) is 0 Å². The lowest BCUT2D eigenvalue weighted by Crippen LogP contribution is -2.86. The first kappa shape index (κ1) is 51.7. The number of esters is 1. The van der Waals surface area contributed by atoms with Crippen molar-refractivity contribution < 1.29 is 63.9 Å². The molecule has 2 aromatic rings. The first-order valence-electron chi connectivity index (χ1n) is 26.6. The fourth-order valence-corrected chi connectivity index (χ4v) is 23.1. The Labute approximate surface area is 433 Å². The van der Waals surface area contributed by atoms with Crippen LogP contribution in [0.25, 0.3) is 11.0 Å². The maximum Gasteiger partial charge on any atom is 0.306 e. The number of hydrogen-bond acceptors (Lipinski definition) is 18. The molecule has 8 N–H and O–H groups in total. The van der Waals surface area contributed by atoms with Crippen molar-refractivity contribution in [1.82, 2.24) is 5.32 Å². The zero-order valence-electron chi connectivity index (χ0n) is 41.1. The molecule has 0 unspecified atom stereocenters. The normalized spacial score (nSPS) is 45.3. The highest BCUT2D eigenvalue weighted by atomic mass is 33.1. The van der Waals surface area contributed by atoms with E-state index in [4.69, 9.17) is 23.4 Å². The fourth-order valence-electron chi connectivity index (χ4n) is 16.0. The van der Waals surface area contributed by atoms with Crippen LogP contribution in [0.4, 0.5) is 0 Å². The highest BCUT2D eigenvalue weighted by molar-refractivity contribution is 8.77. The van der Waals surface area contributed by atoms with E-state index in [9.17, 15) is 40.5 Å². The molecule has 0 amide bonds. The van der Waals surface area contributed by atoms with Crippen LogP contribution in [0, 0.1) is 46.3 Å². The van der Waals surface area contributed by atoms with Crippen LogP contribution >= 0.6 is 43.2 Å². The number of fused-ring (bicyclic) bond motifs is 16. The molecule has 7 fully saturated rings. The van der Waals surface area contributed by atoms with Gasteiger partial charge in [-0.15, -0.1) is 0 Å². The zero-order chi connectivity index (χ0) is 49.6. The van der Waals surface area contributed by atoms with Gasteiger partial charge in [0.1, 0.15) is 23.9 Å². The number of aliphatic hydroxyl groups excluding tert-OH is 5. The first-order valence-corrected chi connectivity index (χ1v) is 31.4. The van der Waals surface area contributed by atoms with Crippen molar-refractivity contribution in [3.8, 4) is 11.5 Å². The van der Waals surface area contributed by atoms with Gasteiger partial charge in [0.25, 0.3) is 0 Å². The summed E-state index contributed by atoms with van der Waals surface area (Å²) in [6.07, 6.45) is 8.88. The summed E-state index contributed by atoms with van der Waals surface area (Å²) in [6.45, 7) is 4.36. The number of allylic oxidation sites excluding steroid dienone is 1. The van der Waals surface area contributed by atoms with E-state index in [-0.39, 0.29) is 90.8 Å². The first-order chi connectivity index (χ1) is 34.2. The van der Waals surface area contributed by atoms with Gasteiger partial charge in [0.2, 0.25) is 12.0 Å². The van der Waals surface area contributed by atoms with E-state index in [1.54, 1.807) is 42.2 Å². The van der Waals surface area contributed by atoms with Crippen LogP contribution < -0.4 is 14.8 Å². The number of aryl methyl sites for hydroxylation is 1. The van der Waals surface area contributed by atoms with Gasteiger partial charge in [0, 0.05) is 70.3 Å². The SMILES string of the molecule is CCOC(=O)CCc1cc2ccoc2c2c1O[C@@H]1O[C@@]3(CSS[C@@]45C[C@H](CSSC[C@H](CC[C@H]3O)[C@H](C)CC[C@H]4NCCO2)[C@@]2(CCC3(CCCC3)[C@H]2O)C5)[C@]2(O)C[C@@H]3C=C[C@H](O)[C@@H](CO)[C@H]3[C@@]1(O)[C@H]2O. The summed E-state index contributed by atoms with van der Waals surface area (Å²) >= 11 is 0. The quantitative estimate of drug-likeness (QED) is 0.0902. The Balaban J connectivity index is 1.11. The highest BCUT2D eigenvalue weighted by Gasteiger charge is 2.78. The molecule has 5 heterocycles. The molecule has 9 aliphatic rings. The largest absolute Gasteiger partial charge is 0.485 e. The summed E-state index contributed by atoms with van der Waals surface area (Å²) in [4.78, 5) is 13.0. The highest BCUT2D eigenvalue weighted by Crippen LogP contribution is 2.71. The smallest absolute Gasteiger partial charge is 0.306 e. The summed E-state index contributed by atoms with van der Waals surface area (Å²) in [6, 6.07) is 3.63. The third-order valence-corrected chi connectivity index (χ3v) is 25.7. The van der Waals surface area contributed by atoms with Crippen molar-refractivity contribution >= 4 is 60.1 Å². The standard InChI is InChI=1S/C53H75NO13S4/c1-3-63-40(58)13-9-31-22-32-14-20-64-42(32)44-43(31)66-47-53(62)41-33(7-10-37(56)36(41)25-55)23-51(61,46(53)60)52(67-47)29-70-71-50-24-35(49(28-50)18-17-48(45(49)59)15-4-5-16-48)27-69-68-26-34(8-12-39(52)57)30(2)6-11-38(50)54-19-21-65-44/h7,10,14,20,22,30,33-39,41,45-47,54-57,59-62H,3-6,8-9,11-13,15-19,21,23-29H2,1-2H3/t30-,33+,34+,35-,36-,37+,38-,39-,41+,45-,46+,47-,49-,50-,51+,52-,53-/m1/s1. The number of furan rings is 1. The van der Waals surface area contributed by atoms with Gasteiger partial charge in [-0.25, -0.2) is 0 Å². The van der Waals surface area contributed by atoms with Crippen LogP contribution in [-0.2, 0) is 20.7 Å². The molecular formula is C53H75NO13S4. The van der Waals surface area contributed by atoms with E-state index in [0.717, 1.165) is 75.7 Å². The molecular weight excluding hydrogens is 987 g/mol. The summed E-state index contributed by atoms with van der Waals surface area (Å²) in [7, 11) is 7.17. The Bertz CT molecular complexity index is 2300. The number of hydrogen-bond donors (Lipinski definition) is 8. The summed E-state index contributed by atoms with van der Waals surface area (Å²) in [5.74, 6) is -0.336. The molecule has 0 radical (unpaired) electrons. The van der Waals surface area contributed by atoms with Crippen LogP contribution in [0.2, 0.25) is 0 Å². The number of ether oxygens (including phenoxy) is 4. The third-order valence-electron chi connectivity index (χ3n) is 19.8. The fraction of sp³-hybridized carbons (Fsp3) is 0.792. The van der Waals surface area contributed by atoms with Crippen LogP contribution in [0.5, 0.6) is 11.5 Å². The minimum atomic E-state index is -2.49. The van der Waals surface area contributed by atoms with Crippen LogP contribution in [0.15, 0.2) is 35.0 Å². The Kier molecular flexibility index (Phi) is 14.5. The number of nitrogens with one attached hydrogen (secondary N) is 1. The van der Waals surface area contributed by atoms with Gasteiger partial charge in [0.05, 0.1) is 31.2 Å². The summed E-state index contributed by atoms with van der Waals surface area (Å²) in [5.41, 5.74) is -6.18. The Morgan fingerprint density at radius 3 is 2.56 bits per heavy atom. The van der Waals surface area contributed by atoms with E-state index in [2.05, 4.69) is 12.2 Å². The van der Waals surface area contributed by atoms with Crippen LogP contribution in [0.1, 0.15) is 109 Å². The van der Waals surface area contributed by atoms with Crippen molar-refractivity contribution in [3.05, 3.63) is 36.1 Å². The molecule has 11 rings (SSSR count). The molecule has 4 spiro atoms. The molecule has 1 aromatic carbocycles. The van der Waals surface area contributed by atoms with E-state index in [1.807, 2.05) is 27.7 Å². The molecule has 17 atom stereocenters. The van der Waals surface area contributed by atoms with Gasteiger partial charge in [-0.2, -0.15) is 0 Å². The molecule has 71 heavy (non-hydrogen) atoms. The van der Waals surface area contributed by atoms with E-state index >= 15 is 0 Å². The summed E-state index contributed by atoms with van der Waals surface area (Å²) < 4.78 is 32.4. The maximum atomic E-state index is 13.7. The van der Waals surface area contributed by atoms with Gasteiger partial charge in [-0.05, 0) is 131 Å². The number of benzene rings is 1. The second-order valence-electron chi connectivity index (χ2n) is 23.2. The van der Waals surface area contributed by atoms with E-state index in [0.29, 0.717) is 29.5 Å². The van der Waals surface area contributed by atoms with Crippen molar-refractivity contribution in [2.24, 2.45) is 46.3 Å². The van der Waals surface area contributed by atoms with Crippen molar-refractivity contribution in [2.75, 3.05) is 43.6 Å². The van der Waals surface area contributed by atoms with Crippen LogP contribution in [0.3, 0.4) is 0 Å². The van der Waals surface area contributed by atoms with Crippen molar-refractivity contribution in [2.45, 2.75) is 168 Å². The molecule has 5 aliphatic carbocycles. The molecule has 394 valence electrons. The molecule has 4 saturated carbocycles. The number of carbonyl (C=O) groups is 1. The van der Waals surface area contributed by atoms with Crippen LogP contribution in [-0.4, -0.2) is 144 Å². The Morgan fingerprint density at radius 2 is 1.76 bits per heavy atom. The summed E-state index contributed by atoms with van der Waals surface area (Å²) in [5, 5.41) is 93.9. The minimum Gasteiger partial charge on any atom is -0.485 e. The Morgan fingerprint density at radius 1 is 0.944 bits per heavy atom. The lowest BCUT2D eigenvalue weighted by molar-refractivity contribution is -0.424. The molecule has 8 bridgehead atoms. The van der Waals surface area contributed by atoms with Gasteiger partial charge in [-0.1, -0.05) is 75.1 Å². The second kappa shape index (κ2) is 19.9. The zero-order valence-corrected chi connectivity index (χ0v) is 44.4. The molecule has 3 saturated heterocycles. The van der Waals surface area contributed by atoms with Gasteiger partial charge in [-0.3, -0.25) is 4.79 Å². The predicted octanol–water partition coefficient (Wildman–Crippen LogP) is 6.57. The molecule has 1 aromatic heterocycles. The van der Waals surface area contributed by atoms with Gasteiger partial charge < -0.3 is 64.4 Å². The number of aliphatic hydroxyl groups is 7. The average molecular weight is 1060 g/mol. The van der Waals surface area contributed by atoms with E-state index in [1.165, 1.54) is 10.8 Å². The second-order valence-corrected chi connectivity index (χ2v) is 28.4. The molecule has 14 nitrogen and oxygen atoms in total. The minimum absolute atomic E-state index is 0.00806. The monoisotopic (exact) mass is 1060 g/mol. The van der Waals surface area contributed by atoms with Crippen molar-refractivity contribution in [3.63, 3.8) is 0 Å². The topological polar surface area (TPSA) is 221 Å². The molecule has 4 aliphatic heterocycles. The molecule has 18 heteroatoms. The van der Waals surface area contributed by atoms with Gasteiger partial charge >= 0.3 is 5.97 Å². The number of carbonyl (C=O) groups excluding carboxylic acids is 1. The maximum absolute atomic E-state index is 13.7. The van der Waals surface area contributed by atoms with E-state index < -0.39 is 82.6 Å². The predicted molar refractivity (Wildman–Crippen MR) is 276 cm³/mol. The van der Waals surface area contributed by atoms with Gasteiger partial charge in [0.15, 0.2) is 16.9 Å². The third kappa shape index (κ3) is 8.29. The lowest BCUT2D eigenvalue weighted by Gasteiger charge is -2.67. The lowest BCUT2D eigenvalue weighted by atomic mass is 9.50. The average Bonchev–Trinajstić information content (AvgIpc) is 4.15. The Hall–Kier alpha value is -1.39.